The van der Waals surface area contributed by atoms with E-state index in [4.69, 9.17) is 0 Å². The Morgan fingerprint density at radius 1 is 1.56 bits per heavy atom. The van der Waals surface area contributed by atoms with Gasteiger partial charge in [0.2, 0.25) is 5.91 Å². The van der Waals surface area contributed by atoms with Gasteiger partial charge in [0, 0.05) is 33.1 Å². The van der Waals surface area contributed by atoms with Crippen LogP contribution in [0.25, 0.3) is 0 Å². The van der Waals surface area contributed by atoms with Crippen LogP contribution in [0.4, 0.5) is 0 Å². The SMILES string of the molecule is CC1(C)CC(=O)CN1C(=O)CCc1cc(Br)cs1. The molecule has 3 nitrogen and oxygen atoms in total. The van der Waals surface area contributed by atoms with Gasteiger partial charge in [-0.2, -0.15) is 0 Å². The van der Waals surface area contributed by atoms with E-state index in [0.717, 1.165) is 10.9 Å². The van der Waals surface area contributed by atoms with E-state index < -0.39 is 0 Å². The highest BCUT2D eigenvalue weighted by molar-refractivity contribution is 9.10. The van der Waals surface area contributed by atoms with Gasteiger partial charge >= 0.3 is 0 Å². The average molecular weight is 330 g/mol. The van der Waals surface area contributed by atoms with Crippen LogP contribution in [-0.2, 0) is 16.0 Å². The van der Waals surface area contributed by atoms with E-state index in [9.17, 15) is 9.59 Å². The Balaban J connectivity index is 1.94. The number of thiophene rings is 1. The lowest BCUT2D eigenvalue weighted by Gasteiger charge is -2.30. The summed E-state index contributed by atoms with van der Waals surface area (Å²) >= 11 is 5.05. The van der Waals surface area contributed by atoms with E-state index in [-0.39, 0.29) is 23.8 Å². The summed E-state index contributed by atoms with van der Waals surface area (Å²) in [5.74, 6) is 0.239. The number of Topliss-reactive ketones (excluding diaryl/α,β-unsaturated/α-hetero) is 1. The smallest absolute Gasteiger partial charge is 0.223 e. The van der Waals surface area contributed by atoms with E-state index in [1.807, 2.05) is 25.3 Å². The maximum Gasteiger partial charge on any atom is 0.223 e. The maximum atomic E-state index is 12.2. The van der Waals surface area contributed by atoms with Gasteiger partial charge in [-0.15, -0.1) is 11.3 Å². The molecule has 0 unspecified atom stereocenters. The second kappa shape index (κ2) is 5.13. The van der Waals surface area contributed by atoms with Crippen molar-refractivity contribution >= 4 is 39.0 Å². The van der Waals surface area contributed by atoms with Gasteiger partial charge in [0.05, 0.1) is 6.54 Å². The minimum absolute atomic E-state index is 0.0790. The van der Waals surface area contributed by atoms with Gasteiger partial charge in [-0.25, -0.2) is 0 Å². The topological polar surface area (TPSA) is 37.4 Å². The molecule has 5 heteroatoms. The molecule has 2 rings (SSSR count). The molecule has 0 atom stereocenters. The lowest BCUT2D eigenvalue weighted by molar-refractivity contribution is -0.135. The number of likely N-dealkylation sites (tertiary alicyclic amines) is 1. The van der Waals surface area contributed by atoms with Gasteiger partial charge in [-0.05, 0) is 42.3 Å². The molecule has 0 bridgehead atoms. The molecule has 18 heavy (non-hydrogen) atoms. The summed E-state index contributed by atoms with van der Waals surface area (Å²) in [5.41, 5.74) is -0.315. The Hall–Kier alpha value is -0.680. The second-order valence-electron chi connectivity index (χ2n) is 5.24. The molecule has 2 heterocycles. The standard InChI is InChI=1S/C13H16BrNO2S/c1-13(2)6-10(16)7-15(13)12(17)4-3-11-5-9(14)8-18-11/h5,8H,3-4,6-7H2,1-2H3. The molecule has 98 valence electrons. The summed E-state index contributed by atoms with van der Waals surface area (Å²) in [6, 6.07) is 2.04. The van der Waals surface area contributed by atoms with Crippen molar-refractivity contribution in [1.82, 2.24) is 4.90 Å². The van der Waals surface area contributed by atoms with Crippen molar-refractivity contribution in [3.8, 4) is 0 Å². The fourth-order valence-electron chi connectivity index (χ4n) is 2.30. The lowest BCUT2D eigenvalue weighted by atomic mass is 10.0. The third-order valence-corrected chi connectivity index (χ3v) is 4.96. The molecule has 0 aliphatic carbocycles. The van der Waals surface area contributed by atoms with Gasteiger partial charge in [0.15, 0.2) is 5.78 Å². The van der Waals surface area contributed by atoms with Gasteiger partial charge in [-0.1, -0.05) is 0 Å². The molecule has 0 spiro atoms. The quantitative estimate of drug-likeness (QED) is 0.854. The van der Waals surface area contributed by atoms with Crippen LogP contribution in [0.5, 0.6) is 0 Å². The van der Waals surface area contributed by atoms with Crippen LogP contribution >= 0.6 is 27.3 Å². The molecule has 1 aliphatic rings. The largest absolute Gasteiger partial charge is 0.330 e. The Labute approximate surface area is 119 Å². The van der Waals surface area contributed by atoms with Crippen LogP contribution in [-0.4, -0.2) is 28.7 Å². The van der Waals surface area contributed by atoms with E-state index in [2.05, 4.69) is 15.9 Å². The number of aryl methyl sites for hydroxylation is 1. The molecule has 0 N–H and O–H groups in total. The second-order valence-corrected chi connectivity index (χ2v) is 7.15. The zero-order valence-electron chi connectivity index (χ0n) is 10.5. The number of hydrogen-bond acceptors (Lipinski definition) is 3. The fraction of sp³-hybridized carbons (Fsp3) is 0.538. The predicted octanol–water partition coefficient (Wildman–Crippen LogP) is 3.02. The summed E-state index contributed by atoms with van der Waals surface area (Å²) in [6.45, 7) is 4.19. The number of nitrogens with zero attached hydrogens (tertiary/aromatic N) is 1. The molecule has 1 saturated heterocycles. The van der Waals surface area contributed by atoms with E-state index >= 15 is 0 Å². The molecule has 0 radical (unpaired) electrons. The van der Waals surface area contributed by atoms with Crippen molar-refractivity contribution in [2.24, 2.45) is 0 Å². The first kappa shape index (κ1) is 13.7. The van der Waals surface area contributed by atoms with Crippen LogP contribution in [0.3, 0.4) is 0 Å². The lowest BCUT2D eigenvalue weighted by Crippen LogP contribution is -2.42. The summed E-state index contributed by atoms with van der Waals surface area (Å²) in [5, 5.41) is 2.02. The highest BCUT2D eigenvalue weighted by atomic mass is 79.9. The minimum Gasteiger partial charge on any atom is -0.330 e. The maximum absolute atomic E-state index is 12.2. The molecule has 1 fully saturated rings. The van der Waals surface area contributed by atoms with Gasteiger partial charge in [-0.3, -0.25) is 9.59 Å². The number of halogens is 1. The van der Waals surface area contributed by atoms with Crippen LogP contribution in [0.2, 0.25) is 0 Å². The van der Waals surface area contributed by atoms with Crippen molar-refractivity contribution in [2.75, 3.05) is 6.54 Å². The van der Waals surface area contributed by atoms with Crippen molar-refractivity contribution in [2.45, 2.75) is 38.6 Å². The Morgan fingerprint density at radius 3 is 2.78 bits per heavy atom. The van der Waals surface area contributed by atoms with E-state index in [0.29, 0.717) is 12.8 Å². The zero-order chi connectivity index (χ0) is 13.3. The summed E-state index contributed by atoms with van der Waals surface area (Å²) in [7, 11) is 0. The van der Waals surface area contributed by atoms with Crippen LogP contribution < -0.4 is 0 Å². The van der Waals surface area contributed by atoms with Crippen LogP contribution in [0, 0.1) is 0 Å². The normalized spacial score (nSPS) is 18.4. The predicted molar refractivity (Wildman–Crippen MR) is 75.8 cm³/mol. The Kier molecular flexibility index (Phi) is 3.92. The van der Waals surface area contributed by atoms with Crippen molar-refractivity contribution in [1.29, 1.82) is 0 Å². The minimum atomic E-state index is -0.315. The first-order valence-corrected chi connectivity index (χ1v) is 7.61. The summed E-state index contributed by atoms with van der Waals surface area (Å²) in [6.07, 6.45) is 1.70. The molecule has 1 aromatic rings. The molecule has 1 amide bonds. The number of carbonyl (C=O) groups is 2. The molecule has 1 aromatic heterocycles. The van der Waals surface area contributed by atoms with Crippen molar-refractivity contribution in [3.63, 3.8) is 0 Å². The highest BCUT2D eigenvalue weighted by Crippen LogP contribution is 2.27. The van der Waals surface area contributed by atoms with Crippen LogP contribution in [0.1, 0.15) is 31.6 Å². The van der Waals surface area contributed by atoms with Gasteiger partial charge in [0.1, 0.15) is 0 Å². The van der Waals surface area contributed by atoms with Gasteiger partial charge in [0.25, 0.3) is 0 Å². The number of carbonyl (C=O) groups excluding carboxylic acids is 2. The number of ketones is 1. The number of rotatable bonds is 3. The third-order valence-electron chi connectivity index (χ3n) is 3.20. The van der Waals surface area contributed by atoms with E-state index in [1.165, 1.54) is 4.88 Å². The monoisotopic (exact) mass is 329 g/mol. The summed E-state index contributed by atoms with van der Waals surface area (Å²) < 4.78 is 1.06. The zero-order valence-corrected chi connectivity index (χ0v) is 12.9. The Morgan fingerprint density at radius 2 is 2.28 bits per heavy atom. The molecular formula is C13H16BrNO2S. The number of amides is 1. The summed E-state index contributed by atoms with van der Waals surface area (Å²) in [4.78, 5) is 26.5. The van der Waals surface area contributed by atoms with Crippen molar-refractivity contribution < 1.29 is 9.59 Å². The van der Waals surface area contributed by atoms with Crippen LogP contribution in [0.15, 0.2) is 15.9 Å². The molecular weight excluding hydrogens is 314 g/mol. The Bertz CT molecular complexity index is 481. The average Bonchev–Trinajstić information content (AvgIpc) is 2.78. The molecule has 0 saturated carbocycles. The highest BCUT2D eigenvalue weighted by Gasteiger charge is 2.39. The number of hydrogen-bond donors (Lipinski definition) is 0. The van der Waals surface area contributed by atoms with Gasteiger partial charge < -0.3 is 4.90 Å². The van der Waals surface area contributed by atoms with E-state index in [1.54, 1.807) is 16.2 Å². The molecule has 0 aromatic carbocycles. The third kappa shape index (κ3) is 3.01. The fourth-order valence-corrected chi connectivity index (χ4v) is 3.76. The first-order valence-electron chi connectivity index (χ1n) is 5.93. The van der Waals surface area contributed by atoms with Crippen molar-refractivity contribution in [3.05, 3.63) is 20.8 Å². The first-order chi connectivity index (χ1) is 8.38. The molecule has 1 aliphatic heterocycles.